The third-order valence-electron chi connectivity index (χ3n) is 2.43. The Balaban J connectivity index is 2.78. The van der Waals surface area contributed by atoms with Gasteiger partial charge in [0.25, 0.3) is 0 Å². The largest absolute Gasteiger partial charge is 0.380 e. The van der Waals surface area contributed by atoms with Gasteiger partial charge in [-0.05, 0) is 13.8 Å². The molecule has 0 saturated heterocycles. The summed E-state index contributed by atoms with van der Waals surface area (Å²) in [4.78, 5) is 0. The van der Waals surface area contributed by atoms with Crippen LogP contribution in [0.3, 0.4) is 0 Å². The van der Waals surface area contributed by atoms with Gasteiger partial charge in [0, 0.05) is 20.3 Å². The molecule has 92 valence electrons. The van der Waals surface area contributed by atoms with Gasteiger partial charge in [-0.1, -0.05) is 5.21 Å². The lowest BCUT2D eigenvalue weighted by molar-refractivity contribution is 0.103. The maximum atomic E-state index is 5.61. The number of rotatable bonds is 7. The molecule has 6 nitrogen and oxygen atoms in total. The average Bonchev–Trinajstić information content (AvgIpc) is 2.71. The van der Waals surface area contributed by atoms with E-state index in [0.29, 0.717) is 26.3 Å². The Kier molecular flexibility index (Phi) is 5.37. The molecule has 0 aliphatic rings. The zero-order valence-electron chi connectivity index (χ0n) is 10.1. The van der Waals surface area contributed by atoms with E-state index in [0.717, 1.165) is 11.4 Å². The number of nitrogens with two attached hydrogens (primary N) is 1. The number of hydrogen-bond acceptors (Lipinski definition) is 5. The second-order valence-corrected chi connectivity index (χ2v) is 3.42. The van der Waals surface area contributed by atoms with E-state index in [1.807, 2.05) is 13.8 Å². The third kappa shape index (κ3) is 3.01. The summed E-state index contributed by atoms with van der Waals surface area (Å²) >= 11 is 0. The SMILES string of the molecule is CCOCCn1nnc(CN)c1C(C)OC. The maximum Gasteiger partial charge on any atom is 0.102 e. The Morgan fingerprint density at radius 2 is 2.25 bits per heavy atom. The van der Waals surface area contributed by atoms with Crippen molar-refractivity contribution < 1.29 is 9.47 Å². The summed E-state index contributed by atoms with van der Waals surface area (Å²) in [6.45, 7) is 6.28. The molecule has 1 aromatic heterocycles. The van der Waals surface area contributed by atoms with Crippen LogP contribution in [-0.4, -0.2) is 35.3 Å². The summed E-state index contributed by atoms with van der Waals surface area (Å²) in [6, 6.07) is 0. The van der Waals surface area contributed by atoms with Crippen molar-refractivity contribution in [3.63, 3.8) is 0 Å². The van der Waals surface area contributed by atoms with E-state index in [9.17, 15) is 0 Å². The second-order valence-electron chi connectivity index (χ2n) is 3.42. The van der Waals surface area contributed by atoms with Crippen molar-refractivity contribution in [3.8, 4) is 0 Å². The molecule has 1 atom stereocenters. The van der Waals surface area contributed by atoms with Crippen molar-refractivity contribution in [1.82, 2.24) is 15.0 Å². The molecule has 1 heterocycles. The van der Waals surface area contributed by atoms with Crippen LogP contribution in [0, 0.1) is 0 Å². The Hall–Kier alpha value is -0.980. The summed E-state index contributed by atoms with van der Waals surface area (Å²) in [6.07, 6.45) is -0.0600. The topological polar surface area (TPSA) is 75.2 Å². The van der Waals surface area contributed by atoms with Crippen LogP contribution in [0.25, 0.3) is 0 Å². The Bertz CT molecular complexity index is 314. The number of nitrogens with zero attached hydrogens (tertiary/aromatic N) is 3. The van der Waals surface area contributed by atoms with Crippen LogP contribution in [-0.2, 0) is 22.6 Å². The molecule has 1 aromatic rings. The number of hydrogen-bond donors (Lipinski definition) is 1. The predicted molar refractivity (Wildman–Crippen MR) is 59.8 cm³/mol. The standard InChI is InChI=1S/C10H20N4O2/c1-4-16-6-5-14-10(8(2)15-3)9(7-11)12-13-14/h8H,4-7,11H2,1-3H3. The highest BCUT2D eigenvalue weighted by Gasteiger charge is 2.17. The first-order valence-corrected chi connectivity index (χ1v) is 5.47. The molecule has 2 N–H and O–H groups in total. The van der Waals surface area contributed by atoms with Crippen LogP contribution in [0.15, 0.2) is 0 Å². The zero-order valence-corrected chi connectivity index (χ0v) is 10.1. The van der Waals surface area contributed by atoms with Gasteiger partial charge in [-0.25, -0.2) is 4.68 Å². The lowest BCUT2D eigenvalue weighted by atomic mass is 10.2. The van der Waals surface area contributed by atoms with E-state index >= 15 is 0 Å². The molecule has 0 aliphatic heterocycles. The van der Waals surface area contributed by atoms with E-state index in [2.05, 4.69) is 10.3 Å². The minimum Gasteiger partial charge on any atom is -0.380 e. The van der Waals surface area contributed by atoms with Crippen molar-refractivity contribution in [2.24, 2.45) is 5.73 Å². The molecular formula is C10H20N4O2. The van der Waals surface area contributed by atoms with E-state index in [4.69, 9.17) is 15.2 Å². The highest BCUT2D eigenvalue weighted by molar-refractivity contribution is 5.12. The van der Waals surface area contributed by atoms with Gasteiger partial charge in [-0.15, -0.1) is 5.10 Å². The first kappa shape index (κ1) is 13.1. The van der Waals surface area contributed by atoms with Crippen LogP contribution in [0.5, 0.6) is 0 Å². The molecule has 0 saturated carbocycles. The lowest BCUT2D eigenvalue weighted by Gasteiger charge is -2.13. The summed E-state index contributed by atoms with van der Waals surface area (Å²) in [5.74, 6) is 0. The minimum absolute atomic E-state index is 0.0600. The fraction of sp³-hybridized carbons (Fsp3) is 0.800. The first-order chi connectivity index (χ1) is 7.74. The Morgan fingerprint density at radius 3 is 2.81 bits per heavy atom. The van der Waals surface area contributed by atoms with Crippen molar-refractivity contribution in [2.45, 2.75) is 33.0 Å². The molecule has 0 fully saturated rings. The normalized spacial score (nSPS) is 13.0. The predicted octanol–water partition coefficient (Wildman–Crippen LogP) is 0.481. The van der Waals surface area contributed by atoms with Gasteiger partial charge in [0.2, 0.25) is 0 Å². The molecule has 0 amide bonds. The van der Waals surface area contributed by atoms with Gasteiger partial charge in [0.15, 0.2) is 0 Å². The molecule has 0 radical (unpaired) electrons. The van der Waals surface area contributed by atoms with Crippen molar-refractivity contribution in [1.29, 1.82) is 0 Å². The minimum atomic E-state index is -0.0600. The molecule has 0 spiro atoms. The van der Waals surface area contributed by atoms with E-state index in [1.165, 1.54) is 0 Å². The van der Waals surface area contributed by atoms with Crippen LogP contribution >= 0.6 is 0 Å². The zero-order chi connectivity index (χ0) is 12.0. The van der Waals surface area contributed by atoms with Gasteiger partial charge >= 0.3 is 0 Å². The first-order valence-electron chi connectivity index (χ1n) is 5.47. The fourth-order valence-electron chi connectivity index (χ4n) is 1.52. The van der Waals surface area contributed by atoms with Crippen LogP contribution < -0.4 is 5.73 Å². The Labute approximate surface area is 95.7 Å². The van der Waals surface area contributed by atoms with Crippen LogP contribution in [0.1, 0.15) is 31.3 Å². The molecule has 0 bridgehead atoms. The maximum absolute atomic E-state index is 5.61. The van der Waals surface area contributed by atoms with Gasteiger partial charge < -0.3 is 15.2 Å². The average molecular weight is 228 g/mol. The van der Waals surface area contributed by atoms with Gasteiger partial charge in [-0.2, -0.15) is 0 Å². The summed E-state index contributed by atoms with van der Waals surface area (Å²) < 4.78 is 12.4. The molecule has 1 unspecified atom stereocenters. The highest BCUT2D eigenvalue weighted by Crippen LogP contribution is 2.18. The van der Waals surface area contributed by atoms with E-state index in [-0.39, 0.29) is 6.10 Å². The number of ether oxygens (including phenoxy) is 2. The lowest BCUT2D eigenvalue weighted by Crippen LogP contribution is -2.15. The Morgan fingerprint density at radius 1 is 1.50 bits per heavy atom. The van der Waals surface area contributed by atoms with Gasteiger partial charge in [0.1, 0.15) is 5.69 Å². The summed E-state index contributed by atoms with van der Waals surface area (Å²) in [5.41, 5.74) is 7.33. The van der Waals surface area contributed by atoms with Crippen molar-refractivity contribution in [3.05, 3.63) is 11.4 Å². The van der Waals surface area contributed by atoms with Crippen LogP contribution in [0.4, 0.5) is 0 Å². The number of methoxy groups -OCH3 is 1. The monoisotopic (exact) mass is 228 g/mol. The molecule has 1 rings (SSSR count). The molecule has 0 aromatic carbocycles. The second kappa shape index (κ2) is 6.57. The summed E-state index contributed by atoms with van der Waals surface area (Å²) in [7, 11) is 1.66. The van der Waals surface area contributed by atoms with Gasteiger partial charge in [-0.3, -0.25) is 0 Å². The van der Waals surface area contributed by atoms with Crippen LogP contribution in [0.2, 0.25) is 0 Å². The quantitative estimate of drug-likeness (QED) is 0.687. The van der Waals surface area contributed by atoms with E-state index < -0.39 is 0 Å². The fourth-order valence-corrected chi connectivity index (χ4v) is 1.52. The third-order valence-corrected chi connectivity index (χ3v) is 2.43. The van der Waals surface area contributed by atoms with E-state index in [1.54, 1.807) is 11.8 Å². The molecular weight excluding hydrogens is 208 g/mol. The van der Waals surface area contributed by atoms with Gasteiger partial charge in [0.05, 0.1) is 24.9 Å². The smallest absolute Gasteiger partial charge is 0.102 e. The molecule has 16 heavy (non-hydrogen) atoms. The molecule has 0 aliphatic carbocycles. The summed E-state index contributed by atoms with van der Waals surface area (Å²) in [5, 5.41) is 8.09. The number of aromatic nitrogens is 3. The highest BCUT2D eigenvalue weighted by atomic mass is 16.5. The molecule has 6 heteroatoms. The van der Waals surface area contributed by atoms with Crippen molar-refractivity contribution in [2.75, 3.05) is 20.3 Å². The van der Waals surface area contributed by atoms with Crippen molar-refractivity contribution >= 4 is 0 Å².